The van der Waals surface area contributed by atoms with Gasteiger partial charge in [0.25, 0.3) is 0 Å². The van der Waals surface area contributed by atoms with Crippen LogP contribution in [0.4, 0.5) is 5.82 Å². The van der Waals surface area contributed by atoms with Crippen LogP contribution in [0, 0.1) is 39.0 Å². The van der Waals surface area contributed by atoms with Crippen LogP contribution in [-0.2, 0) is 5.75 Å². The lowest BCUT2D eigenvalue weighted by atomic mass is 10.1. The van der Waals surface area contributed by atoms with Gasteiger partial charge < -0.3 is 5.73 Å². The van der Waals surface area contributed by atoms with E-state index in [2.05, 4.69) is 56.3 Å². The molecule has 2 aromatic carbocycles. The van der Waals surface area contributed by atoms with Crippen LogP contribution in [0.1, 0.15) is 33.5 Å². The fourth-order valence-electron chi connectivity index (χ4n) is 3.81. The van der Waals surface area contributed by atoms with Gasteiger partial charge in [-0.05, 0) is 62.1 Å². The highest BCUT2D eigenvalue weighted by Gasteiger charge is 2.21. The number of nitrogens with zero attached hydrogens (tertiary/aromatic N) is 3. The molecule has 0 radical (unpaired) electrons. The summed E-state index contributed by atoms with van der Waals surface area (Å²) in [5.74, 6) is 1.34. The van der Waals surface area contributed by atoms with E-state index in [1.165, 1.54) is 10.5 Å². The highest BCUT2D eigenvalue weighted by molar-refractivity contribution is 7.98. The molecule has 2 heterocycles. The van der Waals surface area contributed by atoms with E-state index in [1.54, 1.807) is 0 Å². The Morgan fingerprint density at radius 3 is 2.47 bits per heavy atom. The summed E-state index contributed by atoms with van der Waals surface area (Å²) in [4.78, 5) is 6.01. The van der Waals surface area contributed by atoms with Gasteiger partial charge in [-0.15, -0.1) is 11.8 Å². The van der Waals surface area contributed by atoms with Crippen molar-refractivity contribution in [1.29, 1.82) is 5.26 Å². The van der Waals surface area contributed by atoms with Gasteiger partial charge in [-0.1, -0.05) is 36.4 Å². The molecular weight excluding hydrogens is 388 g/mol. The zero-order chi connectivity index (χ0) is 21.4. The number of benzene rings is 2. The number of aryl methyl sites for hydroxylation is 3. The molecule has 0 aliphatic rings. The highest BCUT2D eigenvalue weighted by atomic mass is 32.2. The first-order valence-electron chi connectivity index (χ1n) is 9.88. The van der Waals surface area contributed by atoms with E-state index in [1.807, 2.05) is 42.3 Å². The van der Waals surface area contributed by atoms with E-state index in [0.717, 1.165) is 44.9 Å². The zero-order valence-electron chi connectivity index (χ0n) is 17.7. The molecule has 4 aromatic rings. The smallest absolute Gasteiger partial charge is 0.147 e. The van der Waals surface area contributed by atoms with E-state index in [9.17, 15) is 5.26 Å². The van der Waals surface area contributed by atoms with Crippen LogP contribution in [0.3, 0.4) is 0 Å². The molecule has 5 heteroatoms. The second kappa shape index (κ2) is 7.89. The molecule has 2 N–H and O–H groups in total. The van der Waals surface area contributed by atoms with E-state index in [-0.39, 0.29) is 0 Å². The predicted molar refractivity (Wildman–Crippen MR) is 125 cm³/mol. The van der Waals surface area contributed by atoms with E-state index in [4.69, 9.17) is 10.7 Å². The first kappa shape index (κ1) is 20.1. The van der Waals surface area contributed by atoms with Crippen LogP contribution in [0.25, 0.3) is 16.7 Å². The van der Waals surface area contributed by atoms with Gasteiger partial charge in [-0.25, -0.2) is 4.98 Å². The van der Waals surface area contributed by atoms with Crippen molar-refractivity contribution in [2.75, 3.05) is 5.73 Å². The Kier molecular flexibility index (Phi) is 5.27. The van der Waals surface area contributed by atoms with Gasteiger partial charge in [0.15, 0.2) is 0 Å². The van der Waals surface area contributed by atoms with Gasteiger partial charge in [-0.2, -0.15) is 5.26 Å². The standard InChI is InChI=1S/C25H24N4S/c1-15-10-11-22(30-14-19-8-6-5-7-9-19)17(3)23(15)29-24(27)21(13-26)20-12-16(2)18(4)28-25(20)29/h5-12H,14,27H2,1-4H3. The number of nitrogens with two attached hydrogens (primary N) is 1. The zero-order valence-corrected chi connectivity index (χ0v) is 18.5. The average Bonchev–Trinajstić information content (AvgIpc) is 2.99. The molecule has 30 heavy (non-hydrogen) atoms. The minimum Gasteiger partial charge on any atom is -0.384 e. The fraction of sp³-hybridized carbons (Fsp3) is 0.200. The Bertz CT molecular complexity index is 1300. The molecule has 4 rings (SSSR count). The van der Waals surface area contributed by atoms with Crippen molar-refractivity contribution in [2.45, 2.75) is 38.3 Å². The number of hydrogen-bond donors (Lipinski definition) is 1. The minimum atomic E-state index is 0.446. The van der Waals surface area contributed by atoms with Crippen LogP contribution in [0.5, 0.6) is 0 Å². The van der Waals surface area contributed by atoms with Crippen molar-refractivity contribution >= 4 is 28.6 Å². The average molecular weight is 413 g/mol. The molecule has 0 unspecified atom stereocenters. The van der Waals surface area contributed by atoms with Gasteiger partial charge in [-0.3, -0.25) is 4.57 Å². The predicted octanol–water partition coefficient (Wildman–Crippen LogP) is 6.01. The topological polar surface area (TPSA) is 67.6 Å². The molecule has 0 spiro atoms. The summed E-state index contributed by atoms with van der Waals surface area (Å²) in [6.07, 6.45) is 0. The monoisotopic (exact) mass is 412 g/mol. The maximum absolute atomic E-state index is 9.77. The molecule has 0 fully saturated rings. The summed E-state index contributed by atoms with van der Waals surface area (Å²) in [6.45, 7) is 8.19. The fourth-order valence-corrected chi connectivity index (χ4v) is 4.80. The van der Waals surface area contributed by atoms with Crippen LogP contribution >= 0.6 is 11.8 Å². The first-order chi connectivity index (χ1) is 14.4. The molecule has 2 aromatic heterocycles. The molecule has 4 nitrogen and oxygen atoms in total. The molecule has 0 aliphatic heterocycles. The SMILES string of the molecule is Cc1cc2c(C#N)c(N)n(-c3c(C)ccc(SCc4ccccc4)c3C)c2nc1C. The highest BCUT2D eigenvalue weighted by Crippen LogP contribution is 2.37. The van der Waals surface area contributed by atoms with E-state index in [0.29, 0.717) is 11.4 Å². The van der Waals surface area contributed by atoms with Gasteiger partial charge >= 0.3 is 0 Å². The number of fused-ring (bicyclic) bond motifs is 1. The Labute approximate surface area is 181 Å². The van der Waals surface area contributed by atoms with E-state index < -0.39 is 0 Å². The van der Waals surface area contributed by atoms with Crippen LogP contribution < -0.4 is 5.73 Å². The van der Waals surface area contributed by atoms with Crippen LogP contribution in [-0.4, -0.2) is 9.55 Å². The Morgan fingerprint density at radius 2 is 1.77 bits per heavy atom. The lowest BCUT2D eigenvalue weighted by Gasteiger charge is -2.17. The normalized spacial score (nSPS) is 11.0. The number of aromatic nitrogens is 2. The number of nitriles is 1. The van der Waals surface area contributed by atoms with Crippen LogP contribution in [0.15, 0.2) is 53.4 Å². The van der Waals surface area contributed by atoms with Crippen molar-refractivity contribution in [3.63, 3.8) is 0 Å². The first-order valence-corrected chi connectivity index (χ1v) is 10.9. The molecule has 150 valence electrons. The second-order valence-corrected chi connectivity index (χ2v) is 8.61. The Hall–Kier alpha value is -3.23. The lowest BCUT2D eigenvalue weighted by Crippen LogP contribution is -2.07. The van der Waals surface area contributed by atoms with Crippen molar-refractivity contribution < 1.29 is 0 Å². The van der Waals surface area contributed by atoms with Crippen molar-refractivity contribution in [1.82, 2.24) is 9.55 Å². The molecule has 0 saturated heterocycles. The quantitative estimate of drug-likeness (QED) is 0.417. The van der Waals surface area contributed by atoms with Crippen molar-refractivity contribution in [3.8, 4) is 11.8 Å². The largest absolute Gasteiger partial charge is 0.384 e. The summed E-state index contributed by atoms with van der Waals surface area (Å²) in [7, 11) is 0. The number of anilines is 1. The summed E-state index contributed by atoms with van der Waals surface area (Å²) in [6, 6.07) is 19.0. The third kappa shape index (κ3) is 3.34. The van der Waals surface area contributed by atoms with Crippen molar-refractivity contribution in [2.24, 2.45) is 0 Å². The summed E-state index contributed by atoms with van der Waals surface area (Å²) >= 11 is 1.81. The Morgan fingerprint density at radius 1 is 1.03 bits per heavy atom. The molecule has 0 aliphatic carbocycles. The molecular formula is C25H24N4S. The number of thioether (sulfide) groups is 1. The second-order valence-electron chi connectivity index (χ2n) is 7.60. The Balaban J connectivity index is 1.89. The molecule has 0 bridgehead atoms. The third-order valence-electron chi connectivity index (χ3n) is 5.58. The maximum atomic E-state index is 9.77. The summed E-state index contributed by atoms with van der Waals surface area (Å²) in [5, 5.41) is 10.6. The number of hydrogen-bond acceptors (Lipinski definition) is 4. The van der Waals surface area contributed by atoms with Crippen molar-refractivity contribution in [3.05, 3.63) is 82.0 Å². The third-order valence-corrected chi connectivity index (χ3v) is 6.81. The number of pyridine rings is 1. The number of rotatable bonds is 4. The van der Waals surface area contributed by atoms with E-state index >= 15 is 0 Å². The van der Waals surface area contributed by atoms with Gasteiger partial charge in [0.1, 0.15) is 23.1 Å². The van der Waals surface area contributed by atoms with Gasteiger partial charge in [0, 0.05) is 21.7 Å². The minimum absolute atomic E-state index is 0.446. The van der Waals surface area contributed by atoms with Gasteiger partial charge in [0.05, 0.1) is 5.69 Å². The molecule has 0 amide bonds. The molecule has 0 atom stereocenters. The van der Waals surface area contributed by atoms with Crippen LogP contribution in [0.2, 0.25) is 0 Å². The molecule has 0 saturated carbocycles. The lowest BCUT2D eigenvalue weighted by molar-refractivity contribution is 1.03. The number of nitrogen functional groups attached to an aromatic ring is 1. The van der Waals surface area contributed by atoms with Gasteiger partial charge in [0.2, 0.25) is 0 Å². The summed E-state index contributed by atoms with van der Waals surface area (Å²) in [5.41, 5.74) is 14.3. The maximum Gasteiger partial charge on any atom is 0.147 e. The summed E-state index contributed by atoms with van der Waals surface area (Å²) < 4.78 is 1.96.